The first-order valence-corrected chi connectivity index (χ1v) is 6.41. The van der Waals surface area contributed by atoms with Crippen molar-refractivity contribution in [2.24, 2.45) is 0 Å². The number of nitrogens with zero attached hydrogens (tertiary/aromatic N) is 1. The predicted octanol–water partition coefficient (Wildman–Crippen LogP) is 3.49. The molecule has 0 aliphatic rings. The van der Waals surface area contributed by atoms with Crippen molar-refractivity contribution in [2.45, 2.75) is 11.4 Å². The monoisotopic (exact) mass is 244 g/mol. The molecule has 0 radical (unpaired) electrons. The molecule has 86 valence electrons. The van der Waals surface area contributed by atoms with Crippen molar-refractivity contribution in [3.8, 4) is 6.07 Å². The molecule has 1 aromatic heterocycles. The van der Waals surface area contributed by atoms with Gasteiger partial charge < -0.3 is 9.73 Å². The SMILES string of the molecule is CSc1ccc(NCc2ccc(C#N)o2)cc1. The highest BCUT2D eigenvalue weighted by Gasteiger charge is 2.00. The van der Waals surface area contributed by atoms with Crippen LogP contribution < -0.4 is 5.32 Å². The summed E-state index contributed by atoms with van der Waals surface area (Å²) in [7, 11) is 0. The fourth-order valence-electron chi connectivity index (χ4n) is 1.43. The molecular weight excluding hydrogens is 232 g/mol. The van der Waals surface area contributed by atoms with Crippen LogP contribution in [0.25, 0.3) is 0 Å². The first-order valence-electron chi connectivity index (χ1n) is 5.18. The second kappa shape index (κ2) is 5.46. The van der Waals surface area contributed by atoms with Crippen LogP contribution in [0.5, 0.6) is 0 Å². The fraction of sp³-hybridized carbons (Fsp3) is 0.154. The van der Waals surface area contributed by atoms with Crippen LogP contribution in [-0.2, 0) is 6.54 Å². The van der Waals surface area contributed by atoms with Gasteiger partial charge in [0.25, 0.3) is 0 Å². The van der Waals surface area contributed by atoms with Crippen molar-refractivity contribution in [3.05, 3.63) is 47.9 Å². The van der Waals surface area contributed by atoms with E-state index in [1.165, 1.54) is 4.90 Å². The van der Waals surface area contributed by atoms with E-state index in [0.717, 1.165) is 11.4 Å². The van der Waals surface area contributed by atoms with E-state index in [1.54, 1.807) is 17.8 Å². The molecule has 0 saturated heterocycles. The molecule has 0 unspecified atom stereocenters. The van der Waals surface area contributed by atoms with Gasteiger partial charge in [0, 0.05) is 10.6 Å². The quantitative estimate of drug-likeness (QED) is 0.836. The van der Waals surface area contributed by atoms with Crippen LogP contribution >= 0.6 is 11.8 Å². The number of benzene rings is 1. The van der Waals surface area contributed by atoms with Crippen LogP contribution in [-0.4, -0.2) is 6.26 Å². The maximum Gasteiger partial charge on any atom is 0.203 e. The van der Waals surface area contributed by atoms with E-state index in [0.29, 0.717) is 12.3 Å². The molecule has 0 atom stereocenters. The first kappa shape index (κ1) is 11.6. The van der Waals surface area contributed by atoms with Gasteiger partial charge in [0.2, 0.25) is 5.76 Å². The Morgan fingerprint density at radius 1 is 1.24 bits per heavy atom. The number of nitriles is 1. The van der Waals surface area contributed by atoms with E-state index < -0.39 is 0 Å². The highest BCUT2D eigenvalue weighted by atomic mass is 32.2. The smallest absolute Gasteiger partial charge is 0.203 e. The minimum atomic E-state index is 0.347. The van der Waals surface area contributed by atoms with E-state index in [-0.39, 0.29) is 0 Å². The van der Waals surface area contributed by atoms with Gasteiger partial charge in [-0.3, -0.25) is 0 Å². The maximum atomic E-state index is 8.63. The lowest BCUT2D eigenvalue weighted by Crippen LogP contribution is -1.97. The number of rotatable bonds is 4. The van der Waals surface area contributed by atoms with E-state index in [9.17, 15) is 0 Å². The normalized spacial score (nSPS) is 9.88. The summed E-state index contributed by atoms with van der Waals surface area (Å²) in [5.74, 6) is 1.11. The number of hydrogen-bond donors (Lipinski definition) is 1. The van der Waals surface area contributed by atoms with Crippen molar-refractivity contribution in [3.63, 3.8) is 0 Å². The van der Waals surface area contributed by atoms with Gasteiger partial charge in [-0.2, -0.15) is 5.26 Å². The summed E-state index contributed by atoms with van der Waals surface area (Å²) in [5, 5.41) is 11.9. The van der Waals surface area contributed by atoms with E-state index in [2.05, 4.69) is 23.7 Å². The van der Waals surface area contributed by atoms with Crippen molar-refractivity contribution in [2.75, 3.05) is 11.6 Å². The Bertz CT molecular complexity index is 525. The molecule has 17 heavy (non-hydrogen) atoms. The minimum absolute atomic E-state index is 0.347. The molecule has 2 aromatic rings. The van der Waals surface area contributed by atoms with Gasteiger partial charge >= 0.3 is 0 Å². The standard InChI is InChI=1S/C13H12N2OS/c1-17-13-6-2-10(3-7-13)15-9-12-5-4-11(8-14)16-12/h2-7,15H,9H2,1H3. The highest BCUT2D eigenvalue weighted by molar-refractivity contribution is 7.98. The Balaban J connectivity index is 1.95. The largest absolute Gasteiger partial charge is 0.449 e. The molecule has 4 heteroatoms. The lowest BCUT2D eigenvalue weighted by atomic mass is 10.3. The van der Waals surface area contributed by atoms with E-state index >= 15 is 0 Å². The third kappa shape index (κ3) is 3.05. The lowest BCUT2D eigenvalue weighted by Gasteiger charge is -2.04. The molecular formula is C13H12N2OS. The molecule has 0 aliphatic heterocycles. The first-order chi connectivity index (χ1) is 8.31. The molecule has 1 heterocycles. The summed E-state index contributed by atoms with van der Waals surface area (Å²) in [4.78, 5) is 1.24. The summed E-state index contributed by atoms with van der Waals surface area (Å²) >= 11 is 1.72. The topological polar surface area (TPSA) is 49.0 Å². The van der Waals surface area contributed by atoms with Gasteiger partial charge in [0.15, 0.2) is 0 Å². The fourth-order valence-corrected chi connectivity index (χ4v) is 1.84. The zero-order chi connectivity index (χ0) is 12.1. The number of hydrogen-bond acceptors (Lipinski definition) is 4. The Labute approximate surface area is 104 Å². The number of thioether (sulfide) groups is 1. The van der Waals surface area contributed by atoms with Gasteiger partial charge in [0.1, 0.15) is 11.8 Å². The summed E-state index contributed by atoms with van der Waals surface area (Å²) in [5.41, 5.74) is 1.04. The Kier molecular flexibility index (Phi) is 3.73. The Morgan fingerprint density at radius 2 is 2.00 bits per heavy atom. The molecule has 1 N–H and O–H groups in total. The lowest BCUT2D eigenvalue weighted by molar-refractivity contribution is 0.506. The van der Waals surface area contributed by atoms with Crippen LogP contribution in [0, 0.1) is 11.3 Å². The third-order valence-corrected chi connectivity index (χ3v) is 3.07. The number of anilines is 1. The van der Waals surface area contributed by atoms with E-state index in [4.69, 9.17) is 9.68 Å². The van der Waals surface area contributed by atoms with Crippen molar-refractivity contribution >= 4 is 17.4 Å². The van der Waals surface area contributed by atoms with Crippen LogP contribution in [0.3, 0.4) is 0 Å². The predicted molar refractivity (Wildman–Crippen MR) is 69.0 cm³/mol. The van der Waals surface area contributed by atoms with Gasteiger partial charge in [-0.15, -0.1) is 11.8 Å². The number of nitrogens with one attached hydrogen (secondary N) is 1. The summed E-state index contributed by atoms with van der Waals surface area (Å²) in [6, 6.07) is 13.6. The molecule has 2 rings (SSSR count). The molecule has 3 nitrogen and oxygen atoms in total. The average molecular weight is 244 g/mol. The molecule has 0 bridgehead atoms. The van der Waals surface area contributed by atoms with Gasteiger partial charge in [-0.1, -0.05) is 0 Å². The number of furan rings is 1. The van der Waals surface area contributed by atoms with Crippen LogP contribution in [0.1, 0.15) is 11.5 Å². The molecule has 0 amide bonds. The molecule has 0 spiro atoms. The second-order valence-electron chi connectivity index (χ2n) is 3.46. The Hall–Kier alpha value is -1.86. The van der Waals surface area contributed by atoms with Crippen molar-refractivity contribution < 1.29 is 4.42 Å². The van der Waals surface area contributed by atoms with Crippen molar-refractivity contribution in [1.29, 1.82) is 5.26 Å². The van der Waals surface area contributed by atoms with E-state index in [1.807, 2.05) is 24.3 Å². The summed E-state index contributed by atoms with van der Waals surface area (Å²) in [6.07, 6.45) is 2.05. The summed E-state index contributed by atoms with van der Waals surface area (Å²) < 4.78 is 5.27. The molecule has 1 aromatic carbocycles. The van der Waals surface area contributed by atoms with Crippen LogP contribution in [0.2, 0.25) is 0 Å². The highest BCUT2D eigenvalue weighted by Crippen LogP contribution is 2.18. The van der Waals surface area contributed by atoms with Gasteiger partial charge in [-0.25, -0.2) is 0 Å². The average Bonchev–Trinajstić information content (AvgIpc) is 2.85. The van der Waals surface area contributed by atoms with Crippen LogP contribution in [0.4, 0.5) is 5.69 Å². The minimum Gasteiger partial charge on any atom is -0.449 e. The van der Waals surface area contributed by atoms with Crippen molar-refractivity contribution in [1.82, 2.24) is 0 Å². The zero-order valence-corrected chi connectivity index (χ0v) is 10.3. The summed E-state index contributed by atoms with van der Waals surface area (Å²) in [6.45, 7) is 0.584. The third-order valence-electron chi connectivity index (χ3n) is 2.33. The molecule has 0 fully saturated rings. The zero-order valence-electron chi connectivity index (χ0n) is 9.43. The Morgan fingerprint density at radius 3 is 2.59 bits per heavy atom. The van der Waals surface area contributed by atoms with Gasteiger partial charge in [0.05, 0.1) is 6.54 Å². The maximum absolute atomic E-state index is 8.63. The molecule has 0 saturated carbocycles. The second-order valence-corrected chi connectivity index (χ2v) is 4.34. The van der Waals surface area contributed by atoms with Crippen LogP contribution in [0.15, 0.2) is 45.7 Å². The molecule has 0 aliphatic carbocycles. The van der Waals surface area contributed by atoms with Gasteiger partial charge in [-0.05, 0) is 42.7 Å².